The second-order valence-corrected chi connectivity index (χ2v) is 7.11. The summed E-state index contributed by atoms with van der Waals surface area (Å²) in [7, 11) is 0. The van der Waals surface area contributed by atoms with Crippen molar-refractivity contribution < 1.29 is 14.3 Å². The van der Waals surface area contributed by atoms with Crippen molar-refractivity contribution in [3.05, 3.63) is 71.8 Å². The molecule has 136 valence electrons. The summed E-state index contributed by atoms with van der Waals surface area (Å²) in [5.41, 5.74) is -0.0926. The quantitative estimate of drug-likeness (QED) is 0.604. The molecule has 0 bridgehead atoms. The summed E-state index contributed by atoms with van der Waals surface area (Å²) >= 11 is 0. The van der Waals surface area contributed by atoms with E-state index in [1.165, 1.54) is 0 Å². The molecule has 0 amide bonds. The van der Waals surface area contributed by atoms with E-state index in [4.69, 9.17) is 4.74 Å². The number of ether oxygens (including phenoxy) is 1. The minimum absolute atomic E-state index is 0.118. The predicted molar refractivity (Wildman–Crippen MR) is 101 cm³/mol. The summed E-state index contributed by atoms with van der Waals surface area (Å²) in [5.74, 6) is -0.562. The van der Waals surface area contributed by atoms with Gasteiger partial charge in [0.05, 0.1) is 5.56 Å². The van der Waals surface area contributed by atoms with E-state index in [0.29, 0.717) is 24.1 Å². The molecule has 0 N–H and O–H groups in total. The highest BCUT2D eigenvalue weighted by Crippen LogP contribution is 2.31. The van der Waals surface area contributed by atoms with Crippen LogP contribution in [0, 0.1) is 0 Å². The van der Waals surface area contributed by atoms with E-state index in [9.17, 15) is 9.59 Å². The van der Waals surface area contributed by atoms with Crippen LogP contribution in [0.15, 0.2) is 60.7 Å². The molecule has 1 atom stereocenters. The molecule has 0 aromatic heterocycles. The predicted octanol–water partition coefficient (Wildman–Crippen LogP) is 3.97. The van der Waals surface area contributed by atoms with Gasteiger partial charge in [-0.3, -0.25) is 9.69 Å². The fourth-order valence-corrected chi connectivity index (χ4v) is 3.47. The first-order chi connectivity index (χ1) is 12.5. The van der Waals surface area contributed by atoms with Crippen molar-refractivity contribution in [2.24, 2.45) is 0 Å². The minimum Gasteiger partial charge on any atom is -0.446 e. The summed E-state index contributed by atoms with van der Waals surface area (Å²) in [6.07, 6.45) is 1.36. The van der Waals surface area contributed by atoms with Crippen molar-refractivity contribution in [1.82, 2.24) is 4.90 Å². The summed E-state index contributed by atoms with van der Waals surface area (Å²) in [5, 5.41) is 0. The highest BCUT2D eigenvalue weighted by atomic mass is 16.6. The smallest absolute Gasteiger partial charge is 0.339 e. The molecule has 26 heavy (non-hydrogen) atoms. The van der Waals surface area contributed by atoms with Crippen LogP contribution in [0.3, 0.4) is 0 Å². The standard InChI is InChI=1S/C22H25NO3/c1-17(2)23-15-9-14-22(16-23,20(24)18-10-5-3-6-11-18)26-21(25)19-12-7-4-8-13-19/h3-8,10-13,17H,9,14-16H2,1-2H3. The maximum Gasteiger partial charge on any atom is 0.339 e. The number of rotatable bonds is 5. The number of carbonyl (C=O) groups excluding carboxylic acids is 2. The minimum atomic E-state index is -1.14. The van der Waals surface area contributed by atoms with Crippen molar-refractivity contribution in [3.63, 3.8) is 0 Å². The molecule has 0 spiro atoms. The van der Waals surface area contributed by atoms with Crippen LogP contribution < -0.4 is 0 Å². The molecule has 0 aliphatic carbocycles. The lowest BCUT2D eigenvalue weighted by Gasteiger charge is -2.42. The second-order valence-electron chi connectivity index (χ2n) is 7.11. The molecule has 2 aromatic rings. The SMILES string of the molecule is CC(C)N1CCCC(OC(=O)c2ccccc2)(C(=O)c2ccccc2)C1. The van der Waals surface area contributed by atoms with E-state index in [2.05, 4.69) is 18.7 Å². The molecule has 1 heterocycles. The number of benzene rings is 2. The van der Waals surface area contributed by atoms with Gasteiger partial charge in [0.15, 0.2) is 5.60 Å². The van der Waals surface area contributed by atoms with Gasteiger partial charge in [0.1, 0.15) is 0 Å². The van der Waals surface area contributed by atoms with Crippen LogP contribution in [0.4, 0.5) is 0 Å². The first-order valence-electron chi connectivity index (χ1n) is 9.14. The van der Waals surface area contributed by atoms with Crippen LogP contribution >= 0.6 is 0 Å². The fourth-order valence-electron chi connectivity index (χ4n) is 3.47. The number of esters is 1. The molecule has 4 heteroatoms. The Labute approximate surface area is 154 Å². The zero-order chi connectivity index (χ0) is 18.6. The average Bonchev–Trinajstić information content (AvgIpc) is 2.69. The monoisotopic (exact) mass is 351 g/mol. The molecular formula is C22H25NO3. The van der Waals surface area contributed by atoms with E-state index < -0.39 is 11.6 Å². The Bertz CT molecular complexity index is 757. The van der Waals surface area contributed by atoms with Crippen LogP contribution in [0.5, 0.6) is 0 Å². The zero-order valence-corrected chi connectivity index (χ0v) is 15.4. The molecule has 0 radical (unpaired) electrons. The lowest BCUT2D eigenvalue weighted by Crippen LogP contribution is -2.57. The number of Topliss-reactive ketones (excluding diaryl/α,β-unsaturated/α-hetero) is 1. The highest BCUT2D eigenvalue weighted by Gasteiger charge is 2.46. The van der Waals surface area contributed by atoms with Gasteiger partial charge in [-0.1, -0.05) is 48.5 Å². The molecule has 1 saturated heterocycles. The number of ketones is 1. The summed E-state index contributed by atoms with van der Waals surface area (Å²) in [6, 6.07) is 18.3. The number of likely N-dealkylation sites (tertiary alicyclic amines) is 1. The number of hydrogen-bond acceptors (Lipinski definition) is 4. The largest absolute Gasteiger partial charge is 0.446 e. The Hall–Kier alpha value is -2.46. The Morgan fingerprint density at radius 1 is 0.962 bits per heavy atom. The third-order valence-electron chi connectivity index (χ3n) is 4.96. The van der Waals surface area contributed by atoms with Crippen molar-refractivity contribution in [2.45, 2.75) is 38.3 Å². The van der Waals surface area contributed by atoms with Gasteiger partial charge in [-0.25, -0.2) is 4.79 Å². The van der Waals surface area contributed by atoms with E-state index in [1.54, 1.807) is 36.4 Å². The molecular weight excluding hydrogens is 326 g/mol. The van der Waals surface area contributed by atoms with Crippen molar-refractivity contribution in [3.8, 4) is 0 Å². The highest BCUT2D eigenvalue weighted by molar-refractivity contribution is 6.04. The lowest BCUT2D eigenvalue weighted by atomic mass is 9.84. The third-order valence-corrected chi connectivity index (χ3v) is 4.96. The summed E-state index contributed by atoms with van der Waals surface area (Å²) in [6.45, 7) is 5.53. The van der Waals surface area contributed by atoms with Crippen LogP contribution in [-0.4, -0.2) is 41.4 Å². The molecule has 1 aliphatic rings. The molecule has 1 unspecified atom stereocenters. The van der Waals surface area contributed by atoms with E-state index >= 15 is 0 Å². The van der Waals surface area contributed by atoms with Crippen molar-refractivity contribution >= 4 is 11.8 Å². The normalized spacial score (nSPS) is 20.7. The Kier molecular flexibility index (Phi) is 5.52. The molecule has 1 aliphatic heterocycles. The number of piperidine rings is 1. The van der Waals surface area contributed by atoms with Gasteiger partial charge in [-0.2, -0.15) is 0 Å². The van der Waals surface area contributed by atoms with E-state index in [0.717, 1.165) is 13.0 Å². The molecule has 4 nitrogen and oxygen atoms in total. The average molecular weight is 351 g/mol. The van der Waals surface area contributed by atoms with Crippen LogP contribution in [0.25, 0.3) is 0 Å². The number of carbonyl (C=O) groups is 2. The molecule has 1 fully saturated rings. The Morgan fingerprint density at radius 3 is 2.12 bits per heavy atom. The lowest BCUT2D eigenvalue weighted by molar-refractivity contribution is -0.0456. The molecule has 0 saturated carbocycles. The summed E-state index contributed by atoms with van der Waals surface area (Å²) in [4.78, 5) is 28.3. The Morgan fingerprint density at radius 2 is 1.54 bits per heavy atom. The first kappa shape index (κ1) is 18.3. The van der Waals surface area contributed by atoms with Gasteiger partial charge in [0.2, 0.25) is 5.78 Å². The van der Waals surface area contributed by atoms with Gasteiger partial charge >= 0.3 is 5.97 Å². The van der Waals surface area contributed by atoms with Gasteiger partial charge in [0, 0.05) is 18.2 Å². The van der Waals surface area contributed by atoms with Gasteiger partial charge in [-0.15, -0.1) is 0 Å². The number of nitrogens with zero attached hydrogens (tertiary/aromatic N) is 1. The second kappa shape index (κ2) is 7.83. The van der Waals surface area contributed by atoms with Crippen molar-refractivity contribution in [2.75, 3.05) is 13.1 Å². The molecule has 3 rings (SSSR count). The first-order valence-corrected chi connectivity index (χ1v) is 9.14. The van der Waals surface area contributed by atoms with Gasteiger partial charge < -0.3 is 4.74 Å². The topological polar surface area (TPSA) is 46.6 Å². The van der Waals surface area contributed by atoms with E-state index in [-0.39, 0.29) is 11.8 Å². The summed E-state index contributed by atoms with van der Waals surface area (Å²) < 4.78 is 5.93. The molecule has 2 aromatic carbocycles. The maximum atomic E-state index is 13.4. The van der Waals surface area contributed by atoms with Crippen LogP contribution in [0.2, 0.25) is 0 Å². The maximum absolute atomic E-state index is 13.4. The Balaban J connectivity index is 1.93. The van der Waals surface area contributed by atoms with Gasteiger partial charge in [0.25, 0.3) is 0 Å². The van der Waals surface area contributed by atoms with Crippen LogP contribution in [-0.2, 0) is 4.74 Å². The fraction of sp³-hybridized carbons (Fsp3) is 0.364. The van der Waals surface area contributed by atoms with Crippen LogP contribution in [0.1, 0.15) is 47.4 Å². The van der Waals surface area contributed by atoms with Gasteiger partial charge in [-0.05, 0) is 45.4 Å². The van der Waals surface area contributed by atoms with Crippen molar-refractivity contribution in [1.29, 1.82) is 0 Å². The zero-order valence-electron chi connectivity index (χ0n) is 15.4. The van der Waals surface area contributed by atoms with E-state index in [1.807, 2.05) is 24.3 Å². The number of hydrogen-bond donors (Lipinski definition) is 0. The third kappa shape index (κ3) is 3.86.